The molecule has 13 heteroatoms. The zero-order valence-electron chi connectivity index (χ0n) is 32.5. The molecule has 0 radical (unpaired) electrons. The highest BCUT2D eigenvalue weighted by molar-refractivity contribution is 5.98. The molecule has 0 aromatic rings. The Morgan fingerprint density at radius 2 is 1.54 bits per heavy atom. The number of piperidine rings is 2. The maximum absolute atomic E-state index is 14.4. The van der Waals surface area contributed by atoms with Crippen LogP contribution in [0.3, 0.4) is 0 Å². The van der Waals surface area contributed by atoms with E-state index in [9.17, 15) is 33.9 Å². The van der Waals surface area contributed by atoms with Gasteiger partial charge in [-0.1, -0.05) is 99.5 Å². The average Bonchev–Trinajstić information content (AvgIpc) is 3.35. The fourth-order valence-electron chi connectivity index (χ4n) is 8.40. The lowest BCUT2D eigenvalue weighted by Crippen LogP contribution is -2.61. The number of nitrogens with zero attached hydrogens (tertiary/aromatic N) is 2. The monoisotopic (exact) mass is 728 g/mol. The van der Waals surface area contributed by atoms with Crippen molar-refractivity contribution in [3.8, 4) is 0 Å². The van der Waals surface area contributed by atoms with Gasteiger partial charge in [-0.3, -0.25) is 28.9 Å². The largest absolute Gasteiger partial charge is 0.381 e. The molecule has 1 saturated carbocycles. The molecular weight excluding hydrogens is 664 g/mol. The quantitative estimate of drug-likeness (QED) is 0.188. The number of carbonyl (C=O) groups excluding carboxylic acids is 6. The molecule has 4 aliphatic rings. The predicted molar refractivity (Wildman–Crippen MR) is 197 cm³/mol. The third-order valence-electron chi connectivity index (χ3n) is 11.8. The number of hydrogen-bond acceptors (Lipinski definition) is 7. The number of hydrogen-bond donors (Lipinski definition) is 5. The summed E-state index contributed by atoms with van der Waals surface area (Å²) in [5, 5.41) is 22.5. The molecular formula is C39H64N6O7. The predicted octanol–water partition coefficient (Wildman–Crippen LogP) is 3.40. The molecule has 4 fully saturated rings. The summed E-state index contributed by atoms with van der Waals surface area (Å²) in [6.45, 7) is 17.9. The van der Waals surface area contributed by atoms with Gasteiger partial charge in [0.05, 0.1) is 12.1 Å². The minimum Gasteiger partial charge on any atom is -0.381 e. The molecule has 0 aromatic carbocycles. The minimum atomic E-state index is -1.47. The first-order valence-corrected chi connectivity index (χ1v) is 19.4. The second-order valence-corrected chi connectivity index (χ2v) is 18.0. The molecule has 0 unspecified atom stereocenters. The Morgan fingerprint density at radius 3 is 2.12 bits per heavy atom. The molecule has 5 N–H and O–H groups in total. The van der Waals surface area contributed by atoms with Crippen molar-refractivity contribution in [2.45, 2.75) is 149 Å². The van der Waals surface area contributed by atoms with Gasteiger partial charge in [-0.15, -0.1) is 6.58 Å². The Labute approximate surface area is 309 Å². The molecule has 292 valence electrons. The van der Waals surface area contributed by atoms with Crippen molar-refractivity contribution in [2.75, 3.05) is 19.6 Å². The van der Waals surface area contributed by atoms with Crippen molar-refractivity contribution in [1.82, 2.24) is 31.1 Å². The first-order valence-electron chi connectivity index (χ1n) is 19.4. The molecule has 0 bridgehead atoms. The van der Waals surface area contributed by atoms with E-state index in [0.29, 0.717) is 25.8 Å². The number of aliphatic hydroxyl groups is 1. The van der Waals surface area contributed by atoms with Crippen LogP contribution in [0.1, 0.15) is 119 Å². The van der Waals surface area contributed by atoms with Gasteiger partial charge in [-0.25, -0.2) is 4.79 Å². The number of carbonyl (C=O) groups is 6. The van der Waals surface area contributed by atoms with Gasteiger partial charge in [0, 0.05) is 32.5 Å². The van der Waals surface area contributed by atoms with E-state index in [4.69, 9.17) is 0 Å². The van der Waals surface area contributed by atoms with Crippen LogP contribution in [0.15, 0.2) is 12.7 Å². The highest BCUT2D eigenvalue weighted by atomic mass is 16.3. The van der Waals surface area contributed by atoms with Crippen LogP contribution in [0.25, 0.3) is 0 Å². The van der Waals surface area contributed by atoms with E-state index in [2.05, 4.69) is 41.7 Å². The van der Waals surface area contributed by atoms with Crippen molar-refractivity contribution >= 4 is 35.6 Å². The summed E-state index contributed by atoms with van der Waals surface area (Å²) in [5.41, 5.74) is -1.12. The van der Waals surface area contributed by atoms with Gasteiger partial charge < -0.3 is 31.3 Å². The van der Waals surface area contributed by atoms with Crippen LogP contribution in [0.4, 0.5) is 4.79 Å². The van der Waals surface area contributed by atoms with E-state index in [1.165, 1.54) is 11.0 Å². The third-order valence-corrected chi connectivity index (χ3v) is 11.8. The molecule has 7 amide bonds. The maximum Gasteiger partial charge on any atom is 0.315 e. The van der Waals surface area contributed by atoms with Crippen molar-refractivity contribution in [3.05, 3.63) is 12.7 Å². The normalized spacial score (nSPS) is 29.6. The molecule has 13 nitrogen and oxygen atoms in total. The zero-order chi connectivity index (χ0) is 38.6. The van der Waals surface area contributed by atoms with Crippen molar-refractivity contribution in [3.63, 3.8) is 0 Å². The summed E-state index contributed by atoms with van der Waals surface area (Å²) in [7, 11) is 0. The fraction of sp³-hybridized carbons (Fsp3) is 0.795. The summed E-state index contributed by atoms with van der Waals surface area (Å²) in [4.78, 5) is 83.9. The highest BCUT2D eigenvalue weighted by Crippen LogP contribution is 2.65. The lowest BCUT2D eigenvalue weighted by molar-refractivity contribution is -0.153. The van der Waals surface area contributed by atoms with Gasteiger partial charge in [-0.2, -0.15) is 0 Å². The lowest BCUT2D eigenvalue weighted by atomic mass is 9.80. The van der Waals surface area contributed by atoms with Gasteiger partial charge >= 0.3 is 6.03 Å². The summed E-state index contributed by atoms with van der Waals surface area (Å²) in [6.07, 6.45) is 7.46. The van der Waals surface area contributed by atoms with E-state index < -0.39 is 58.9 Å². The molecule has 0 spiro atoms. The van der Waals surface area contributed by atoms with E-state index >= 15 is 0 Å². The molecule has 4 rings (SSSR count). The Hall–Kier alpha value is -3.48. The number of urea groups is 1. The van der Waals surface area contributed by atoms with E-state index in [0.717, 1.165) is 38.5 Å². The summed E-state index contributed by atoms with van der Waals surface area (Å²) in [5.74, 6) is -1.89. The molecule has 7 atom stereocenters. The molecule has 52 heavy (non-hydrogen) atoms. The third kappa shape index (κ3) is 9.93. The topological polar surface area (TPSA) is 177 Å². The number of nitrogens with one attached hydrogen (secondary N) is 4. The van der Waals surface area contributed by atoms with Crippen molar-refractivity contribution < 1.29 is 33.9 Å². The Morgan fingerprint density at radius 1 is 0.962 bits per heavy atom. The smallest absolute Gasteiger partial charge is 0.315 e. The fourth-order valence-corrected chi connectivity index (χ4v) is 8.40. The van der Waals surface area contributed by atoms with Crippen molar-refractivity contribution in [2.24, 2.45) is 28.1 Å². The van der Waals surface area contributed by atoms with Gasteiger partial charge in [0.1, 0.15) is 12.1 Å². The Kier molecular flexibility index (Phi) is 13.2. The van der Waals surface area contributed by atoms with Crippen LogP contribution < -0.4 is 21.3 Å². The summed E-state index contributed by atoms with van der Waals surface area (Å²) in [6, 6.07) is -3.73. The molecule has 3 saturated heterocycles. The first-order chi connectivity index (χ1) is 24.3. The minimum absolute atomic E-state index is 0.0225. The molecule has 0 aromatic heterocycles. The Balaban J connectivity index is 1.55. The van der Waals surface area contributed by atoms with Gasteiger partial charge in [0.25, 0.3) is 5.91 Å². The van der Waals surface area contributed by atoms with Crippen LogP contribution in [0.5, 0.6) is 0 Å². The van der Waals surface area contributed by atoms with Crippen LogP contribution in [-0.2, 0) is 24.0 Å². The van der Waals surface area contributed by atoms with Crippen LogP contribution in [-0.4, -0.2) is 100 Å². The van der Waals surface area contributed by atoms with Crippen LogP contribution >= 0.6 is 0 Å². The van der Waals surface area contributed by atoms with Gasteiger partial charge in [0.2, 0.25) is 23.6 Å². The SMILES string of the molecule is C=CCNC(=O)[C@H](O)[C@@H]1CCCCCCCCC[C@H](NC(=O)N[C@H](CN2C(=O)CC(C)(C)CC2=O)C(C)(C)C)C(=O)N2C[C@H]3[C@@H]([C@H]2C(=O)N1)C3(C)C. The van der Waals surface area contributed by atoms with Gasteiger partial charge in [-0.05, 0) is 40.9 Å². The van der Waals surface area contributed by atoms with Gasteiger partial charge in [0.15, 0.2) is 6.10 Å². The van der Waals surface area contributed by atoms with Crippen LogP contribution in [0, 0.1) is 28.1 Å². The standard InChI is InChI=1S/C39H64N6O7/c1-9-19-40-34(50)32(48)25-17-15-13-11-10-12-14-16-18-26(35(51)45-22-24-30(39(24,7)8)31(45)33(49)41-25)42-36(52)43-27(37(2,3)4)23-44-28(46)20-38(5,6)21-29(44)47/h9,24-27,30-32,48H,1,10-23H2,2-8H3,(H,40,50)(H,41,49)(H2,42,43,52)/t24-,25-,26-,27+,30-,31-,32+/m0/s1. The second kappa shape index (κ2) is 16.7. The van der Waals surface area contributed by atoms with E-state index in [1.54, 1.807) is 4.90 Å². The number of aliphatic hydroxyl groups excluding tert-OH is 1. The zero-order valence-corrected chi connectivity index (χ0v) is 32.5. The number of likely N-dealkylation sites (tertiary alicyclic amines) is 1. The molecule has 3 heterocycles. The number of amides is 7. The second-order valence-electron chi connectivity index (χ2n) is 18.0. The van der Waals surface area contributed by atoms with Crippen LogP contribution in [0.2, 0.25) is 0 Å². The summed E-state index contributed by atoms with van der Waals surface area (Å²) >= 11 is 0. The number of imide groups is 1. The number of fused-ring (bicyclic) bond motifs is 3. The summed E-state index contributed by atoms with van der Waals surface area (Å²) < 4.78 is 0. The maximum atomic E-state index is 14.4. The van der Waals surface area contributed by atoms with E-state index in [1.807, 2.05) is 34.6 Å². The van der Waals surface area contributed by atoms with Crippen molar-refractivity contribution in [1.29, 1.82) is 0 Å². The number of rotatable bonds is 8. The first kappa shape index (κ1) is 41.3. The highest BCUT2D eigenvalue weighted by Gasteiger charge is 2.69. The Bertz CT molecular complexity index is 1350. The molecule has 1 aliphatic carbocycles. The van der Waals surface area contributed by atoms with E-state index in [-0.39, 0.29) is 60.9 Å². The molecule has 3 aliphatic heterocycles. The lowest BCUT2D eigenvalue weighted by Gasteiger charge is -2.40. The average molecular weight is 729 g/mol.